The number of aliphatic hydroxyl groups is 1. The lowest BCUT2D eigenvalue weighted by Gasteiger charge is -2.20. The molecule has 0 aromatic carbocycles. The van der Waals surface area contributed by atoms with Gasteiger partial charge in [-0.05, 0) is 24.6 Å². The molecule has 5 nitrogen and oxygen atoms in total. The lowest BCUT2D eigenvalue weighted by molar-refractivity contribution is 0.205. The van der Waals surface area contributed by atoms with Crippen LogP contribution in [0.4, 0.5) is 10.9 Å². The monoisotopic (exact) mass is 265 g/mol. The molecular formula is C12H15N3O2S. The largest absolute Gasteiger partial charge is 0.390 e. The maximum Gasteiger partial charge on any atom is 0.192 e. The highest BCUT2D eigenvalue weighted by atomic mass is 32.1. The molecule has 0 radical (unpaired) electrons. The van der Waals surface area contributed by atoms with Crippen LogP contribution in [0.15, 0.2) is 23.7 Å². The molecule has 18 heavy (non-hydrogen) atoms. The molecule has 0 aliphatic rings. The van der Waals surface area contributed by atoms with Crippen molar-refractivity contribution >= 4 is 22.3 Å². The molecule has 0 fully saturated rings. The van der Waals surface area contributed by atoms with E-state index in [1.807, 2.05) is 29.3 Å². The first-order valence-electron chi connectivity index (χ1n) is 5.49. The second kappa shape index (κ2) is 5.90. The highest BCUT2D eigenvalue weighted by Crippen LogP contribution is 2.26. The van der Waals surface area contributed by atoms with Gasteiger partial charge in [0.1, 0.15) is 12.5 Å². The van der Waals surface area contributed by atoms with Crippen molar-refractivity contribution in [2.24, 2.45) is 0 Å². The summed E-state index contributed by atoms with van der Waals surface area (Å²) in [7, 11) is 1.63. The molecule has 2 rings (SSSR count). The summed E-state index contributed by atoms with van der Waals surface area (Å²) in [6.45, 7) is 2.26. The van der Waals surface area contributed by atoms with Crippen molar-refractivity contribution in [3.63, 3.8) is 0 Å². The average molecular weight is 265 g/mol. The van der Waals surface area contributed by atoms with E-state index in [0.29, 0.717) is 12.4 Å². The first kappa shape index (κ1) is 12.9. The summed E-state index contributed by atoms with van der Waals surface area (Å²) in [5, 5.41) is 11.9. The van der Waals surface area contributed by atoms with Gasteiger partial charge in [-0.25, -0.2) is 9.97 Å². The van der Waals surface area contributed by atoms with Crippen LogP contribution in [0.2, 0.25) is 0 Å². The fourth-order valence-electron chi connectivity index (χ4n) is 1.64. The lowest BCUT2D eigenvalue weighted by atomic mass is 10.2. The standard InChI is InChI=1S/C12H15N3O2S/c1-9-5-10(7-16)14-11(6-9)15(8-17-2)12-13-3-4-18-12/h3-6,16H,7-8H2,1-2H3. The first-order valence-corrected chi connectivity index (χ1v) is 6.37. The summed E-state index contributed by atoms with van der Waals surface area (Å²) in [5.74, 6) is 0.732. The molecule has 0 saturated heterocycles. The lowest BCUT2D eigenvalue weighted by Crippen LogP contribution is -2.21. The molecule has 6 heteroatoms. The number of ether oxygens (including phenoxy) is 1. The van der Waals surface area contributed by atoms with Gasteiger partial charge in [0.2, 0.25) is 0 Å². The maximum absolute atomic E-state index is 9.20. The third-order valence-corrected chi connectivity index (χ3v) is 3.15. The Labute approximate surface area is 110 Å². The molecule has 96 valence electrons. The van der Waals surface area contributed by atoms with E-state index in [1.54, 1.807) is 13.3 Å². The van der Waals surface area contributed by atoms with Gasteiger partial charge in [0.15, 0.2) is 5.13 Å². The van der Waals surface area contributed by atoms with Crippen LogP contribution in [0, 0.1) is 6.92 Å². The number of anilines is 2. The minimum atomic E-state index is -0.0760. The van der Waals surface area contributed by atoms with Gasteiger partial charge in [-0.2, -0.15) is 0 Å². The molecule has 0 bridgehead atoms. The smallest absolute Gasteiger partial charge is 0.192 e. The molecule has 0 unspecified atom stereocenters. The minimum absolute atomic E-state index is 0.0760. The number of methoxy groups -OCH3 is 1. The van der Waals surface area contributed by atoms with Crippen LogP contribution in [-0.2, 0) is 11.3 Å². The first-order chi connectivity index (χ1) is 8.74. The number of thiazole rings is 1. The topological polar surface area (TPSA) is 58.5 Å². The minimum Gasteiger partial charge on any atom is -0.390 e. The van der Waals surface area contributed by atoms with Crippen molar-refractivity contribution in [1.29, 1.82) is 0 Å². The van der Waals surface area contributed by atoms with Crippen LogP contribution in [0.3, 0.4) is 0 Å². The fourth-order valence-corrected chi connectivity index (χ4v) is 2.28. The summed E-state index contributed by atoms with van der Waals surface area (Å²) in [6.07, 6.45) is 1.74. The Morgan fingerprint density at radius 2 is 2.28 bits per heavy atom. The van der Waals surface area contributed by atoms with Gasteiger partial charge in [-0.3, -0.25) is 4.90 Å². The second-order valence-corrected chi connectivity index (χ2v) is 4.69. The average Bonchev–Trinajstić information content (AvgIpc) is 2.88. The van der Waals surface area contributed by atoms with Crippen molar-refractivity contribution in [2.75, 3.05) is 18.7 Å². The number of rotatable bonds is 5. The van der Waals surface area contributed by atoms with Crippen LogP contribution in [0.5, 0.6) is 0 Å². The van der Waals surface area contributed by atoms with Gasteiger partial charge in [-0.15, -0.1) is 11.3 Å². The number of aromatic nitrogens is 2. The van der Waals surface area contributed by atoms with Crippen LogP contribution in [-0.4, -0.2) is 28.9 Å². The zero-order valence-corrected chi connectivity index (χ0v) is 11.1. The number of hydrogen-bond donors (Lipinski definition) is 1. The Morgan fingerprint density at radius 3 is 2.89 bits per heavy atom. The van der Waals surface area contributed by atoms with Gasteiger partial charge in [0.05, 0.1) is 12.3 Å². The highest BCUT2D eigenvalue weighted by molar-refractivity contribution is 7.13. The number of aliphatic hydroxyl groups excluding tert-OH is 1. The van der Waals surface area contributed by atoms with E-state index >= 15 is 0 Å². The molecular weight excluding hydrogens is 250 g/mol. The number of pyridine rings is 1. The molecule has 2 aromatic rings. The quantitative estimate of drug-likeness (QED) is 0.839. The zero-order chi connectivity index (χ0) is 13.0. The number of nitrogens with zero attached hydrogens (tertiary/aromatic N) is 3. The summed E-state index contributed by atoms with van der Waals surface area (Å²) in [4.78, 5) is 10.5. The molecule has 0 saturated carbocycles. The third-order valence-electron chi connectivity index (χ3n) is 2.36. The third kappa shape index (κ3) is 2.84. The number of hydrogen-bond acceptors (Lipinski definition) is 6. The Bertz CT molecular complexity index is 502. The molecule has 0 amide bonds. The van der Waals surface area contributed by atoms with Crippen LogP contribution in [0.25, 0.3) is 0 Å². The summed E-state index contributed by atoms with van der Waals surface area (Å²) < 4.78 is 5.19. The Balaban J connectivity index is 2.39. The van der Waals surface area contributed by atoms with Crippen molar-refractivity contribution in [3.8, 4) is 0 Å². The molecule has 2 aromatic heterocycles. The zero-order valence-electron chi connectivity index (χ0n) is 10.3. The van der Waals surface area contributed by atoms with E-state index in [9.17, 15) is 5.11 Å². The Morgan fingerprint density at radius 1 is 1.44 bits per heavy atom. The van der Waals surface area contributed by atoms with E-state index in [-0.39, 0.29) is 6.61 Å². The van der Waals surface area contributed by atoms with Gasteiger partial charge in [0, 0.05) is 18.7 Å². The fraction of sp³-hybridized carbons (Fsp3) is 0.333. The van der Waals surface area contributed by atoms with Crippen molar-refractivity contribution in [2.45, 2.75) is 13.5 Å². The summed E-state index contributed by atoms with van der Waals surface area (Å²) in [5.41, 5.74) is 1.68. The predicted octanol–water partition coefficient (Wildman–Crippen LogP) is 2.08. The van der Waals surface area contributed by atoms with E-state index in [2.05, 4.69) is 9.97 Å². The van der Waals surface area contributed by atoms with Crippen LogP contribution < -0.4 is 4.90 Å². The number of aryl methyl sites for hydroxylation is 1. The Kier molecular flexibility index (Phi) is 4.24. The second-order valence-electron chi connectivity index (χ2n) is 3.81. The van der Waals surface area contributed by atoms with Gasteiger partial charge in [-0.1, -0.05) is 0 Å². The SMILES string of the molecule is COCN(c1cc(C)cc(CO)n1)c1nccs1. The molecule has 2 heterocycles. The normalized spacial score (nSPS) is 10.6. The van der Waals surface area contributed by atoms with Crippen molar-refractivity contribution < 1.29 is 9.84 Å². The van der Waals surface area contributed by atoms with Gasteiger partial charge >= 0.3 is 0 Å². The molecule has 0 aliphatic carbocycles. The molecule has 0 atom stereocenters. The highest BCUT2D eigenvalue weighted by Gasteiger charge is 2.14. The van der Waals surface area contributed by atoms with E-state index in [4.69, 9.17) is 4.74 Å². The van der Waals surface area contributed by atoms with Crippen LogP contribution >= 0.6 is 11.3 Å². The Hall–Kier alpha value is -1.50. The molecule has 0 aliphatic heterocycles. The summed E-state index contributed by atoms with van der Waals surface area (Å²) in [6, 6.07) is 3.80. The van der Waals surface area contributed by atoms with Gasteiger partial charge in [0.25, 0.3) is 0 Å². The van der Waals surface area contributed by atoms with Gasteiger partial charge < -0.3 is 9.84 Å². The maximum atomic E-state index is 9.20. The summed E-state index contributed by atoms with van der Waals surface area (Å²) >= 11 is 1.52. The predicted molar refractivity (Wildman–Crippen MR) is 71.0 cm³/mol. The van der Waals surface area contributed by atoms with E-state index < -0.39 is 0 Å². The van der Waals surface area contributed by atoms with Crippen LogP contribution in [0.1, 0.15) is 11.3 Å². The van der Waals surface area contributed by atoms with Crippen molar-refractivity contribution in [3.05, 3.63) is 35.0 Å². The molecule has 0 spiro atoms. The molecule has 1 N–H and O–H groups in total. The van der Waals surface area contributed by atoms with Crippen molar-refractivity contribution in [1.82, 2.24) is 9.97 Å². The van der Waals surface area contributed by atoms with E-state index in [0.717, 1.165) is 16.5 Å². The van der Waals surface area contributed by atoms with E-state index in [1.165, 1.54) is 11.3 Å².